The summed E-state index contributed by atoms with van der Waals surface area (Å²) in [7, 11) is 1.93. The van der Waals surface area contributed by atoms with Crippen molar-refractivity contribution in [1.82, 2.24) is 25.1 Å². The number of hydrogen-bond acceptors (Lipinski definition) is 6. The molecule has 0 atom stereocenters. The van der Waals surface area contributed by atoms with Crippen LogP contribution in [0.25, 0.3) is 20.7 Å². The molecule has 23 heavy (non-hydrogen) atoms. The summed E-state index contributed by atoms with van der Waals surface area (Å²) in [4.78, 5) is 22.7. The molecule has 122 valence electrons. The zero-order valence-electron chi connectivity index (χ0n) is 13.1. The number of thiophene rings is 1. The summed E-state index contributed by atoms with van der Waals surface area (Å²) in [6, 6.07) is 1.94. The lowest BCUT2D eigenvalue weighted by molar-refractivity contribution is 0.222. The fraction of sp³-hybridized carbons (Fsp3) is 0.400. The number of hydrogen-bond donors (Lipinski definition) is 3. The summed E-state index contributed by atoms with van der Waals surface area (Å²) in [6.45, 7) is 3.41. The van der Waals surface area contributed by atoms with Crippen molar-refractivity contribution < 1.29 is 5.11 Å². The van der Waals surface area contributed by atoms with Crippen LogP contribution in [0.15, 0.2) is 17.1 Å². The topological polar surface area (TPSA) is 97.9 Å². The predicted octanol–water partition coefficient (Wildman–Crippen LogP) is 1.15. The van der Waals surface area contributed by atoms with E-state index >= 15 is 0 Å². The number of likely N-dealkylation sites (N-methyl/N-ethyl adjacent to an activating group) is 1. The molecule has 0 aliphatic carbocycles. The normalized spacial score (nSPS) is 11.7. The molecule has 8 heteroatoms. The SMILES string of the molecule is Cc1[nH]ncc1-c1cc2nc(CCN(C)CCO)[nH]c(=O)c2s1. The van der Waals surface area contributed by atoms with E-state index in [1.165, 1.54) is 11.3 Å². The Morgan fingerprint density at radius 2 is 2.22 bits per heavy atom. The second-order valence-corrected chi connectivity index (χ2v) is 6.58. The first-order chi connectivity index (χ1) is 11.1. The highest BCUT2D eigenvalue weighted by molar-refractivity contribution is 7.22. The molecule has 0 saturated heterocycles. The van der Waals surface area contributed by atoms with E-state index in [0.717, 1.165) is 22.7 Å². The molecule has 0 aliphatic heterocycles. The van der Waals surface area contributed by atoms with Crippen LogP contribution in [0.1, 0.15) is 11.5 Å². The molecule has 3 heterocycles. The van der Waals surface area contributed by atoms with Gasteiger partial charge in [0.15, 0.2) is 0 Å². The average molecular weight is 333 g/mol. The molecule has 0 aliphatic rings. The van der Waals surface area contributed by atoms with Crippen LogP contribution in [-0.4, -0.2) is 56.9 Å². The molecular weight excluding hydrogens is 314 g/mol. The molecule has 0 fully saturated rings. The van der Waals surface area contributed by atoms with Crippen LogP contribution in [0, 0.1) is 6.92 Å². The Kier molecular flexibility index (Phi) is 4.56. The van der Waals surface area contributed by atoms with Crippen LogP contribution in [0.4, 0.5) is 0 Å². The van der Waals surface area contributed by atoms with E-state index < -0.39 is 0 Å². The molecule has 3 rings (SSSR count). The summed E-state index contributed by atoms with van der Waals surface area (Å²) in [5, 5.41) is 15.8. The minimum Gasteiger partial charge on any atom is -0.395 e. The molecule has 0 bridgehead atoms. The van der Waals surface area contributed by atoms with Crippen molar-refractivity contribution in [2.45, 2.75) is 13.3 Å². The number of aliphatic hydroxyl groups excluding tert-OH is 1. The van der Waals surface area contributed by atoms with Gasteiger partial charge in [0, 0.05) is 35.6 Å². The molecule has 3 aromatic rings. The molecule has 3 N–H and O–H groups in total. The van der Waals surface area contributed by atoms with Gasteiger partial charge in [-0.2, -0.15) is 5.10 Å². The van der Waals surface area contributed by atoms with Crippen molar-refractivity contribution in [3.8, 4) is 10.4 Å². The van der Waals surface area contributed by atoms with Gasteiger partial charge in [-0.15, -0.1) is 11.3 Å². The molecule has 3 aromatic heterocycles. The van der Waals surface area contributed by atoms with Gasteiger partial charge in [0.05, 0.1) is 18.3 Å². The van der Waals surface area contributed by atoms with Gasteiger partial charge in [0.25, 0.3) is 5.56 Å². The Morgan fingerprint density at radius 3 is 2.91 bits per heavy atom. The van der Waals surface area contributed by atoms with Crippen LogP contribution in [0.2, 0.25) is 0 Å². The standard InChI is InChI=1S/C15H19N5O2S/c1-9-10(8-16-19-9)12-7-11-14(23-12)15(22)18-13(17-11)3-4-20(2)5-6-21/h7-8,21H,3-6H2,1-2H3,(H,16,19)(H,17,18,22). The molecule has 0 amide bonds. The van der Waals surface area contributed by atoms with Gasteiger partial charge in [-0.1, -0.05) is 0 Å². The van der Waals surface area contributed by atoms with Crippen molar-refractivity contribution in [2.24, 2.45) is 0 Å². The predicted molar refractivity (Wildman–Crippen MR) is 90.8 cm³/mol. The van der Waals surface area contributed by atoms with Crippen molar-refractivity contribution in [3.63, 3.8) is 0 Å². The van der Waals surface area contributed by atoms with Gasteiger partial charge in [0.1, 0.15) is 10.5 Å². The van der Waals surface area contributed by atoms with Gasteiger partial charge in [-0.25, -0.2) is 4.98 Å². The summed E-state index contributed by atoms with van der Waals surface area (Å²) < 4.78 is 0.632. The smallest absolute Gasteiger partial charge is 0.268 e. The number of aryl methyl sites for hydroxylation is 1. The second kappa shape index (κ2) is 6.61. The number of nitrogens with one attached hydrogen (secondary N) is 2. The summed E-state index contributed by atoms with van der Waals surface area (Å²) in [5.74, 6) is 0.667. The third-order valence-corrected chi connectivity index (χ3v) is 4.90. The number of aromatic amines is 2. The maximum Gasteiger partial charge on any atom is 0.268 e. The van der Waals surface area contributed by atoms with E-state index in [1.54, 1.807) is 6.20 Å². The Morgan fingerprint density at radius 1 is 1.39 bits per heavy atom. The third-order valence-electron chi connectivity index (χ3n) is 3.74. The molecule has 0 spiro atoms. The largest absolute Gasteiger partial charge is 0.395 e. The van der Waals surface area contributed by atoms with E-state index in [0.29, 0.717) is 29.0 Å². The van der Waals surface area contributed by atoms with E-state index in [9.17, 15) is 4.79 Å². The Hall–Kier alpha value is -2.03. The van der Waals surface area contributed by atoms with Gasteiger partial charge in [-0.3, -0.25) is 9.89 Å². The highest BCUT2D eigenvalue weighted by atomic mass is 32.1. The van der Waals surface area contributed by atoms with Crippen LogP contribution in [-0.2, 0) is 6.42 Å². The summed E-state index contributed by atoms with van der Waals surface area (Å²) in [5.41, 5.74) is 2.58. The average Bonchev–Trinajstić information content (AvgIpc) is 3.11. The number of aliphatic hydroxyl groups is 1. The van der Waals surface area contributed by atoms with Crippen LogP contribution in [0.3, 0.4) is 0 Å². The Labute approximate surface area is 137 Å². The fourth-order valence-electron chi connectivity index (χ4n) is 2.42. The molecule has 0 saturated carbocycles. The van der Waals surface area contributed by atoms with Gasteiger partial charge in [-0.05, 0) is 20.0 Å². The van der Waals surface area contributed by atoms with Crippen molar-refractivity contribution >= 4 is 21.6 Å². The van der Waals surface area contributed by atoms with E-state index in [4.69, 9.17) is 5.11 Å². The zero-order chi connectivity index (χ0) is 16.4. The van der Waals surface area contributed by atoms with Crippen LogP contribution >= 0.6 is 11.3 Å². The molecule has 0 aromatic carbocycles. The first-order valence-electron chi connectivity index (χ1n) is 7.41. The van der Waals surface area contributed by atoms with Crippen molar-refractivity contribution in [1.29, 1.82) is 0 Å². The summed E-state index contributed by atoms with van der Waals surface area (Å²) >= 11 is 1.43. The minimum atomic E-state index is -0.104. The first-order valence-corrected chi connectivity index (χ1v) is 8.22. The van der Waals surface area contributed by atoms with Crippen LogP contribution in [0.5, 0.6) is 0 Å². The van der Waals surface area contributed by atoms with Gasteiger partial charge < -0.3 is 15.0 Å². The Balaban J connectivity index is 1.89. The molecular formula is C15H19N5O2S. The Bertz CT molecular complexity index is 866. The zero-order valence-corrected chi connectivity index (χ0v) is 13.9. The first kappa shape index (κ1) is 15.9. The van der Waals surface area contributed by atoms with Crippen molar-refractivity contribution in [3.05, 3.63) is 34.1 Å². The maximum atomic E-state index is 12.3. The number of rotatable bonds is 6. The lowest BCUT2D eigenvalue weighted by atomic mass is 10.2. The molecule has 7 nitrogen and oxygen atoms in total. The highest BCUT2D eigenvalue weighted by Gasteiger charge is 2.13. The lowest BCUT2D eigenvalue weighted by Crippen LogP contribution is -2.25. The molecule has 0 radical (unpaired) electrons. The van der Waals surface area contributed by atoms with Crippen molar-refractivity contribution in [2.75, 3.05) is 26.7 Å². The summed E-state index contributed by atoms with van der Waals surface area (Å²) in [6.07, 6.45) is 2.40. The highest BCUT2D eigenvalue weighted by Crippen LogP contribution is 2.31. The minimum absolute atomic E-state index is 0.104. The maximum absolute atomic E-state index is 12.3. The van der Waals surface area contributed by atoms with Crippen LogP contribution < -0.4 is 5.56 Å². The monoisotopic (exact) mass is 333 g/mol. The third kappa shape index (κ3) is 3.34. The number of H-pyrrole nitrogens is 2. The van der Waals surface area contributed by atoms with Gasteiger partial charge in [0.2, 0.25) is 0 Å². The van der Waals surface area contributed by atoms with Gasteiger partial charge >= 0.3 is 0 Å². The number of aromatic nitrogens is 4. The van der Waals surface area contributed by atoms with E-state index in [2.05, 4.69) is 20.2 Å². The fourth-order valence-corrected chi connectivity index (χ4v) is 3.48. The van der Waals surface area contributed by atoms with E-state index in [-0.39, 0.29) is 12.2 Å². The second-order valence-electron chi connectivity index (χ2n) is 5.52. The number of nitrogens with zero attached hydrogens (tertiary/aromatic N) is 3. The quantitative estimate of drug-likeness (QED) is 0.629. The lowest BCUT2D eigenvalue weighted by Gasteiger charge is -2.13. The molecule has 0 unspecified atom stereocenters. The van der Waals surface area contributed by atoms with E-state index in [1.807, 2.05) is 24.9 Å². The number of fused-ring (bicyclic) bond motifs is 1.